The summed E-state index contributed by atoms with van der Waals surface area (Å²) in [7, 11) is 0. The summed E-state index contributed by atoms with van der Waals surface area (Å²) < 4.78 is 37.8. The average Bonchev–Trinajstić information content (AvgIpc) is 2.28. The molecule has 2 rings (SSSR count). The number of alkyl halides is 3. The second-order valence-electron chi connectivity index (χ2n) is 4.95. The van der Waals surface area contributed by atoms with Crippen molar-refractivity contribution in [1.29, 1.82) is 0 Å². The van der Waals surface area contributed by atoms with Crippen LogP contribution in [0.5, 0.6) is 0 Å². The topological polar surface area (TPSA) is 6.48 Å². The monoisotopic (exact) mass is 370 g/mol. The lowest BCUT2D eigenvalue weighted by Gasteiger charge is -2.35. The van der Waals surface area contributed by atoms with Gasteiger partial charge in [0.25, 0.3) is 0 Å². The van der Waals surface area contributed by atoms with Gasteiger partial charge in [0.1, 0.15) is 0 Å². The Morgan fingerprint density at radius 3 is 2.20 bits per heavy atom. The Morgan fingerprint density at radius 1 is 1.05 bits per heavy atom. The van der Waals surface area contributed by atoms with Gasteiger partial charge < -0.3 is 0 Å². The summed E-state index contributed by atoms with van der Waals surface area (Å²) in [6, 6.07) is 5.68. The summed E-state index contributed by atoms with van der Waals surface area (Å²) >= 11 is 9.37. The number of rotatable bonds is 3. The molecule has 0 spiro atoms. The van der Waals surface area contributed by atoms with Crippen molar-refractivity contribution < 1.29 is 13.2 Å². The molecule has 0 N–H and O–H groups in total. The Balaban J connectivity index is 1.85. The Kier molecular flexibility index (Phi) is 5.34. The van der Waals surface area contributed by atoms with E-state index in [1.807, 2.05) is 18.2 Å². The molecular formula is C13H15BrClF3N2. The van der Waals surface area contributed by atoms with Crippen LogP contribution in [-0.4, -0.2) is 48.7 Å². The van der Waals surface area contributed by atoms with Crippen LogP contribution in [0.4, 0.5) is 13.2 Å². The predicted octanol–water partition coefficient (Wildman–Crippen LogP) is 3.78. The summed E-state index contributed by atoms with van der Waals surface area (Å²) in [5.74, 6) is 0. The van der Waals surface area contributed by atoms with Crippen molar-refractivity contribution in [3.05, 3.63) is 33.3 Å². The van der Waals surface area contributed by atoms with Crippen molar-refractivity contribution >= 4 is 27.5 Å². The zero-order valence-electron chi connectivity index (χ0n) is 10.8. The molecule has 0 amide bonds. The van der Waals surface area contributed by atoms with Gasteiger partial charge in [-0.05, 0) is 23.8 Å². The third kappa shape index (κ3) is 5.24. The van der Waals surface area contributed by atoms with Crippen molar-refractivity contribution in [2.24, 2.45) is 0 Å². The first-order valence-corrected chi connectivity index (χ1v) is 7.45. The predicted molar refractivity (Wildman–Crippen MR) is 76.9 cm³/mol. The van der Waals surface area contributed by atoms with E-state index in [0.717, 1.165) is 10.0 Å². The smallest absolute Gasteiger partial charge is 0.297 e. The molecule has 0 radical (unpaired) electrons. The molecule has 2 nitrogen and oxygen atoms in total. The Morgan fingerprint density at radius 2 is 1.65 bits per heavy atom. The van der Waals surface area contributed by atoms with Crippen molar-refractivity contribution in [1.82, 2.24) is 9.80 Å². The summed E-state index contributed by atoms with van der Waals surface area (Å²) in [6.07, 6.45) is -4.11. The lowest BCUT2D eigenvalue weighted by atomic mass is 10.2. The van der Waals surface area contributed by atoms with Crippen molar-refractivity contribution in [2.75, 3.05) is 32.7 Å². The Bertz CT molecular complexity index is 439. The summed E-state index contributed by atoms with van der Waals surface area (Å²) in [4.78, 5) is 3.59. The van der Waals surface area contributed by atoms with E-state index in [-0.39, 0.29) is 0 Å². The molecule has 1 aliphatic heterocycles. The number of hydrogen-bond donors (Lipinski definition) is 0. The van der Waals surface area contributed by atoms with Crippen molar-refractivity contribution in [3.8, 4) is 0 Å². The molecule has 0 bridgehead atoms. The van der Waals surface area contributed by atoms with Crippen LogP contribution >= 0.6 is 27.5 Å². The molecule has 0 aromatic heterocycles. The maximum absolute atomic E-state index is 12.3. The Hall–Kier alpha value is -0.300. The number of halogens is 5. The quantitative estimate of drug-likeness (QED) is 0.798. The van der Waals surface area contributed by atoms with Gasteiger partial charge in [-0.25, -0.2) is 0 Å². The molecule has 1 fully saturated rings. The van der Waals surface area contributed by atoms with Gasteiger partial charge in [-0.1, -0.05) is 27.5 Å². The van der Waals surface area contributed by atoms with E-state index >= 15 is 0 Å². The molecule has 1 aromatic carbocycles. The van der Waals surface area contributed by atoms with E-state index in [0.29, 0.717) is 37.7 Å². The van der Waals surface area contributed by atoms with Crippen LogP contribution in [0, 0.1) is 0 Å². The standard InChI is InChI=1S/C13H15BrClF3N2/c14-11-5-10(6-12(15)7-11)8-19-1-3-20(4-2-19)9-13(16,17)18/h5-7H,1-4,8-9H2. The fraction of sp³-hybridized carbons (Fsp3) is 0.538. The molecule has 1 heterocycles. The SMILES string of the molecule is FC(F)(F)CN1CCN(Cc2cc(Cl)cc(Br)c2)CC1. The maximum atomic E-state index is 12.3. The molecule has 0 saturated carbocycles. The van der Waals surface area contributed by atoms with Gasteiger partial charge in [0.05, 0.1) is 6.54 Å². The lowest BCUT2D eigenvalue weighted by Crippen LogP contribution is -2.48. The molecule has 0 atom stereocenters. The third-order valence-corrected chi connectivity index (χ3v) is 3.87. The van der Waals surface area contributed by atoms with Gasteiger partial charge >= 0.3 is 6.18 Å². The lowest BCUT2D eigenvalue weighted by molar-refractivity contribution is -0.149. The second kappa shape index (κ2) is 6.64. The zero-order chi connectivity index (χ0) is 14.8. The molecule has 112 valence electrons. The summed E-state index contributed by atoms with van der Waals surface area (Å²) in [6.45, 7) is 2.06. The normalized spacial score (nSPS) is 18.4. The van der Waals surface area contributed by atoms with Crippen LogP contribution in [0.2, 0.25) is 5.02 Å². The van der Waals surface area contributed by atoms with Crippen LogP contribution in [0.15, 0.2) is 22.7 Å². The van der Waals surface area contributed by atoms with Gasteiger partial charge in [-0.3, -0.25) is 9.80 Å². The van der Waals surface area contributed by atoms with Crippen LogP contribution < -0.4 is 0 Å². The van der Waals surface area contributed by atoms with Gasteiger partial charge in [-0.15, -0.1) is 0 Å². The van der Waals surface area contributed by atoms with E-state index in [9.17, 15) is 13.2 Å². The van der Waals surface area contributed by atoms with Crippen LogP contribution in [-0.2, 0) is 6.54 Å². The van der Waals surface area contributed by atoms with Crippen LogP contribution in [0.25, 0.3) is 0 Å². The number of nitrogens with zero attached hydrogens (tertiary/aromatic N) is 2. The first-order chi connectivity index (χ1) is 9.32. The molecule has 7 heteroatoms. The minimum atomic E-state index is -4.11. The number of hydrogen-bond acceptors (Lipinski definition) is 2. The highest BCUT2D eigenvalue weighted by molar-refractivity contribution is 9.10. The van der Waals surface area contributed by atoms with Gasteiger partial charge in [0.15, 0.2) is 0 Å². The van der Waals surface area contributed by atoms with E-state index in [2.05, 4.69) is 20.8 Å². The van der Waals surface area contributed by atoms with E-state index in [1.54, 1.807) is 0 Å². The maximum Gasteiger partial charge on any atom is 0.401 e. The molecule has 0 unspecified atom stereocenters. The molecule has 1 aliphatic rings. The minimum absolute atomic E-state index is 0.446. The highest BCUT2D eigenvalue weighted by Crippen LogP contribution is 2.22. The summed E-state index contributed by atoms with van der Waals surface area (Å²) in [5, 5.41) is 0.657. The molecule has 20 heavy (non-hydrogen) atoms. The molecule has 1 saturated heterocycles. The first-order valence-electron chi connectivity index (χ1n) is 6.28. The van der Waals surface area contributed by atoms with Gasteiger partial charge in [-0.2, -0.15) is 13.2 Å². The fourth-order valence-electron chi connectivity index (χ4n) is 2.32. The highest BCUT2D eigenvalue weighted by Gasteiger charge is 2.32. The van der Waals surface area contributed by atoms with E-state index in [1.165, 1.54) is 4.90 Å². The van der Waals surface area contributed by atoms with Gasteiger partial charge in [0.2, 0.25) is 0 Å². The number of benzene rings is 1. The Labute approximate surface area is 129 Å². The highest BCUT2D eigenvalue weighted by atomic mass is 79.9. The van der Waals surface area contributed by atoms with Gasteiger partial charge in [0, 0.05) is 42.2 Å². The minimum Gasteiger partial charge on any atom is -0.297 e. The fourth-order valence-corrected chi connectivity index (χ4v) is 3.25. The average molecular weight is 372 g/mol. The molecule has 0 aliphatic carbocycles. The van der Waals surface area contributed by atoms with Crippen molar-refractivity contribution in [2.45, 2.75) is 12.7 Å². The molecule has 1 aromatic rings. The largest absolute Gasteiger partial charge is 0.401 e. The number of piperazine rings is 1. The zero-order valence-corrected chi connectivity index (χ0v) is 13.1. The van der Waals surface area contributed by atoms with Crippen LogP contribution in [0.1, 0.15) is 5.56 Å². The molecular weight excluding hydrogens is 357 g/mol. The van der Waals surface area contributed by atoms with E-state index < -0.39 is 12.7 Å². The third-order valence-electron chi connectivity index (χ3n) is 3.20. The summed E-state index contributed by atoms with van der Waals surface area (Å²) in [5.41, 5.74) is 1.06. The van der Waals surface area contributed by atoms with E-state index in [4.69, 9.17) is 11.6 Å². The second-order valence-corrected chi connectivity index (χ2v) is 6.30. The first kappa shape index (κ1) is 16.1. The van der Waals surface area contributed by atoms with Crippen molar-refractivity contribution in [3.63, 3.8) is 0 Å². The van der Waals surface area contributed by atoms with Crippen LogP contribution in [0.3, 0.4) is 0 Å².